The third-order valence-electron chi connectivity index (χ3n) is 3.23. The van der Waals surface area contributed by atoms with Crippen LogP contribution >= 0.6 is 11.5 Å². The smallest absolute Gasteiger partial charge is 0.157 e. The lowest BCUT2D eigenvalue weighted by Gasteiger charge is -2.37. The lowest BCUT2D eigenvalue weighted by Crippen LogP contribution is -2.43. The third-order valence-corrected chi connectivity index (χ3v) is 4.13. The van der Waals surface area contributed by atoms with Gasteiger partial charge < -0.3 is 15.4 Å². The first-order valence-electron chi connectivity index (χ1n) is 5.62. The zero-order chi connectivity index (χ0) is 12.4. The SMILES string of the molecule is COC1CCN(c2snc(N)c2C#N)C(C)C1. The second-order valence-corrected chi connectivity index (χ2v) is 5.04. The number of anilines is 2. The molecule has 1 aliphatic heterocycles. The summed E-state index contributed by atoms with van der Waals surface area (Å²) < 4.78 is 9.44. The largest absolute Gasteiger partial charge is 0.382 e. The molecular weight excluding hydrogens is 236 g/mol. The lowest BCUT2D eigenvalue weighted by atomic mass is 10.0. The van der Waals surface area contributed by atoms with Gasteiger partial charge in [0.2, 0.25) is 0 Å². The summed E-state index contributed by atoms with van der Waals surface area (Å²) in [7, 11) is 1.75. The van der Waals surface area contributed by atoms with Crippen molar-refractivity contribution in [1.29, 1.82) is 5.26 Å². The molecule has 0 aliphatic carbocycles. The maximum Gasteiger partial charge on any atom is 0.157 e. The minimum Gasteiger partial charge on any atom is -0.382 e. The molecule has 0 radical (unpaired) electrons. The first kappa shape index (κ1) is 12.1. The van der Waals surface area contributed by atoms with Gasteiger partial charge in [-0.3, -0.25) is 0 Å². The van der Waals surface area contributed by atoms with Crippen LogP contribution in [0.15, 0.2) is 0 Å². The highest BCUT2D eigenvalue weighted by atomic mass is 32.1. The zero-order valence-corrected chi connectivity index (χ0v) is 10.8. The Labute approximate surface area is 105 Å². The molecule has 0 saturated carbocycles. The summed E-state index contributed by atoms with van der Waals surface area (Å²) in [5.41, 5.74) is 6.19. The fourth-order valence-electron chi connectivity index (χ4n) is 2.24. The van der Waals surface area contributed by atoms with Crippen LogP contribution in [0.4, 0.5) is 10.8 Å². The number of hydrogen-bond acceptors (Lipinski definition) is 6. The standard InChI is InChI=1S/C11H16N4OS/c1-7-5-8(16-2)3-4-15(7)11-9(6-12)10(13)14-17-11/h7-8H,3-5H2,1-2H3,(H2,13,14). The Hall–Kier alpha value is -1.32. The second kappa shape index (κ2) is 4.90. The van der Waals surface area contributed by atoms with Crippen molar-refractivity contribution >= 4 is 22.4 Å². The van der Waals surface area contributed by atoms with Gasteiger partial charge in [-0.25, -0.2) is 0 Å². The summed E-state index contributed by atoms with van der Waals surface area (Å²) in [4.78, 5) is 2.21. The van der Waals surface area contributed by atoms with E-state index in [4.69, 9.17) is 15.7 Å². The number of nitrogen functional groups attached to an aromatic ring is 1. The molecule has 2 rings (SSSR count). The fraction of sp³-hybridized carbons (Fsp3) is 0.636. The number of aromatic nitrogens is 1. The van der Waals surface area contributed by atoms with Crippen LogP contribution in [0, 0.1) is 11.3 Å². The summed E-state index contributed by atoms with van der Waals surface area (Å²) in [6.07, 6.45) is 2.26. The van der Waals surface area contributed by atoms with Crippen LogP contribution in [-0.4, -0.2) is 30.2 Å². The highest BCUT2D eigenvalue weighted by molar-refractivity contribution is 7.10. The van der Waals surface area contributed by atoms with Gasteiger partial charge >= 0.3 is 0 Å². The summed E-state index contributed by atoms with van der Waals surface area (Å²) >= 11 is 1.31. The van der Waals surface area contributed by atoms with E-state index in [-0.39, 0.29) is 0 Å². The van der Waals surface area contributed by atoms with E-state index in [1.807, 2.05) is 0 Å². The van der Waals surface area contributed by atoms with Gasteiger partial charge in [0, 0.05) is 19.7 Å². The molecule has 1 fully saturated rings. The predicted molar refractivity (Wildman–Crippen MR) is 68.1 cm³/mol. The number of nitrogens with two attached hydrogens (primary N) is 1. The predicted octanol–water partition coefficient (Wildman–Crippen LogP) is 1.60. The second-order valence-electron chi connectivity index (χ2n) is 4.28. The molecule has 2 unspecified atom stereocenters. The van der Waals surface area contributed by atoms with Crippen molar-refractivity contribution in [1.82, 2.24) is 4.37 Å². The number of nitriles is 1. The molecule has 2 atom stereocenters. The molecule has 92 valence electrons. The van der Waals surface area contributed by atoms with Gasteiger partial charge in [0.1, 0.15) is 16.6 Å². The first-order chi connectivity index (χ1) is 8.17. The van der Waals surface area contributed by atoms with Gasteiger partial charge in [-0.1, -0.05) is 0 Å². The minimum atomic E-state index is 0.317. The van der Waals surface area contributed by atoms with Crippen molar-refractivity contribution in [2.45, 2.75) is 31.9 Å². The molecule has 1 aromatic heterocycles. The number of hydrogen-bond donors (Lipinski definition) is 1. The quantitative estimate of drug-likeness (QED) is 0.865. The van der Waals surface area contributed by atoms with Crippen LogP contribution in [0.25, 0.3) is 0 Å². The van der Waals surface area contributed by atoms with E-state index >= 15 is 0 Å². The topological polar surface area (TPSA) is 75.2 Å². The Balaban J connectivity index is 2.21. The molecule has 17 heavy (non-hydrogen) atoms. The average molecular weight is 252 g/mol. The molecule has 0 aromatic carbocycles. The fourth-order valence-corrected chi connectivity index (χ4v) is 3.13. The molecule has 0 bridgehead atoms. The molecule has 2 N–H and O–H groups in total. The van der Waals surface area contributed by atoms with Crippen LogP contribution in [0.2, 0.25) is 0 Å². The Bertz CT molecular complexity index is 439. The van der Waals surface area contributed by atoms with Gasteiger partial charge in [-0.05, 0) is 31.3 Å². The van der Waals surface area contributed by atoms with Crippen molar-refractivity contribution in [3.63, 3.8) is 0 Å². The van der Waals surface area contributed by atoms with Gasteiger partial charge in [0.05, 0.1) is 6.10 Å². The molecular formula is C11H16N4OS. The highest BCUT2D eigenvalue weighted by Gasteiger charge is 2.28. The monoisotopic (exact) mass is 252 g/mol. The van der Waals surface area contributed by atoms with E-state index in [2.05, 4.69) is 22.3 Å². The Morgan fingerprint density at radius 1 is 1.65 bits per heavy atom. The number of methoxy groups -OCH3 is 1. The molecule has 6 heteroatoms. The summed E-state index contributed by atoms with van der Waals surface area (Å²) in [6.45, 7) is 3.03. The van der Waals surface area contributed by atoms with Crippen LogP contribution in [0.5, 0.6) is 0 Å². The lowest BCUT2D eigenvalue weighted by molar-refractivity contribution is 0.0722. The van der Waals surface area contributed by atoms with E-state index in [1.54, 1.807) is 7.11 Å². The van der Waals surface area contributed by atoms with Gasteiger partial charge in [0.25, 0.3) is 0 Å². The summed E-state index contributed by atoms with van der Waals surface area (Å²) in [5.74, 6) is 0.341. The van der Waals surface area contributed by atoms with Crippen LogP contribution in [-0.2, 0) is 4.74 Å². The van der Waals surface area contributed by atoms with Crippen LogP contribution < -0.4 is 10.6 Å². The van der Waals surface area contributed by atoms with Crippen molar-refractivity contribution in [3.05, 3.63) is 5.56 Å². The molecule has 2 heterocycles. The average Bonchev–Trinajstić information content (AvgIpc) is 2.70. The van der Waals surface area contributed by atoms with Crippen LogP contribution in [0.3, 0.4) is 0 Å². The molecule has 1 aromatic rings. The Kier molecular flexibility index (Phi) is 3.50. The van der Waals surface area contributed by atoms with Crippen molar-refractivity contribution in [2.75, 3.05) is 24.3 Å². The highest BCUT2D eigenvalue weighted by Crippen LogP contribution is 2.34. The molecule has 5 nitrogen and oxygen atoms in total. The van der Waals surface area contributed by atoms with Gasteiger partial charge in [0.15, 0.2) is 5.82 Å². The Morgan fingerprint density at radius 3 is 3.00 bits per heavy atom. The third kappa shape index (κ3) is 2.21. The number of ether oxygens (including phenoxy) is 1. The summed E-state index contributed by atoms with van der Waals surface area (Å²) in [5, 5.41) is 9.98. The molecule has 0 amide bonds. The van der Waals surface area contributed by atoms with E-state index < -0.39 is 0 Å². The van der Waals surface area contributed by atoms with Gasteiger partial charge in [-0.2, -0.15) is 9.64 Å². The molecule has 0 spiro atoms. The first-order valence-corrected chi connectivity index (χ1v) is 6.39. The maximum absolute atomic E-state index is 9.09. The number of nitrogens with zero attached hydrogens (tertiary/aromatic N) is 3. The van der Waals surface area contributed by atoms with Crippen molar-refractivity contribution < 1.29 is 4.74 Å². The van der Waals surface area contributed by atoms with Crippen molar-refractivity contribution in [3.8, 4) is 6.07 Å². The zero-order valence-electron chi connectivity index (χ0n) is 10.0. The van der Waals surface area contributed by atoms with Crippen molar-refractivity contribution in [2.24, 2.45) is 0 Å². The maximum atomic E-state index is 9.09. The minimum absolute atomic E-state index is 0.317. The van der Waals surface area contributed by atoms with E-state index in [0.29, 0.717) is 23.5 Å². The van der Waals surface area contributed by atoms with Crippen LogP contribution in [0.1, 0.15) is 25.3 Å². The van der Waals surface area contributed by atoms with E-state index in [1.165, 1.54) is 11.5 Å². The number of piperidine rings is 1. The molecule has 1 saturated heterocycles. The van der Waals surface area contributed by atoms with E-state index in [0.717, 1.165) is 24.4 Å². The molecule has 1 aliphatic rings. The van der Waals surface area contributed by atoms with E-state index in [9.17, 15) is 0 Å². The normalized spacial score (nSPS) is 24.6. The summed E-state index contributed by atoms with van der Waals surface area (Å²) in [6, 6.07) is 2.48. The Morgan fingerprint density at radius 2 is 2.41 bits per heavy atom. The number of rotatable bonds is 2. The van der Waals surface area contributed by atoms with Gasteiger partial charge in [-0.15, -0.1) is 0 Å².